The fourth-order valence-electron chi connectivity index (χ4n) is 2.44. The molecule has 26 heavy (non-hydrogen) atoms. The average Bonchev–Trinajstić information content (AvgIpc) is 2.64. The first-order chi connectivity index (χ1) is 12.5. The molecule has 1 amide bonds. The summed E-state index contributed by atoms with van der Waals surface area (Å²) in [6, 6.07) is 13.4. The van der Waals surface area contributed by atoms with E-state index >= 15 is 0 Å². The number of carbonyl (C=O) groups excluding carboxylic acids is 1. The van der Waals surface area contributed by atoms with Crippen LogP contribution >= 0.6 is 11.6 Å². The van der Waals surface area contributed by atoms with Crippen LogP contribution in [-0.4, -0.2) is 34.0 Å². The Labute approximate surface area is 156 Å². The SMILES string of the molecule is O=C(NCCNS(=O)(=O)c1cccc(Cl)c1)C1=Cc2ccccc2OC1. The predicted octanol–water partition coefficient (Wildman–Crippen LogP) is 2.21. The van der Waals surface area contributed by atoms with Crippen LogP contribution in [0.15, 0.2) is 59.0 Å². The fraction of sp³-hybridized carbons (Fsp3) is 0.167. The minimum Gasteiger partial charge on any atom is -0.488 e. The van der Waals surface area contributed by atoms with Gasteiger partial charge in [0.1, 0.15) is 12.4 Å². The van der Waals surface area contributed by atoms with Crippen LogP contribution in [0.2, 0.25) is 5.02 Å². The van der Waals surface area contributed by atoms with E-state index < -0.39 is 10.0 Å². The summed E-state index contributed by atoms with van der Waals surface area (Å²) in [6.45, 7) is 0.389. The van der Waals surface area contributed by atoms with Gasteiger partial charge in [0, 0.05) is 23.7 Å². The van der Waals surface area contributed by atoms with Crippen LogP contribution < -0.4 is 14.8 Å². The van der Waals surface area contributed by atoms with Crippen molar-refractivity contribution in [1.29, 1.82) is 0 Å². The summed E-state index contributed by atoms with van der Waals surface area (Å²) < 4.78 is 32.3. The molecule has 0 bridgehead atoms. The third kappa shape index (κ3) is 4.43. The van der Waals surface area contributed by atoms with Gasteiger partial charge in [0.15, 0.2) is 0 Å². The molecule has 6 nitrogen and oxygen atoms in total. The van der Waals surface area contributed by atoms with E-state index in [1.807, 2.05) is 24.3 Å². The van der Waals surface area contributed by atoms with Crippen LogP contribution in [0.3, 0.4) is 0 Å². The molecule has 8 heteroatoms. The molecule has 136 valence electrons. The van der Waals surface area contributed by atoms with E-state index in [4.69, 9.17) is 16.3 Å². The maximum absolute atomic E-state index is 12.2. The Hall–Kier alpha value is -2.35. The van der Waals surface area contributed by atoms with Gasteiger partial charge in [-0.15, -0.1) is 0 Å². The lowest BCUT2D eigenvalue weighted by Crippen LogP contribution is -2.36. The smallest absolute Gasteiger partial charge is 0.250 e. The highest BCUT2D eigenvalue weighted by atomic mass is 35.5. The molecule has 1 aliphatic rings. The van der Waals surface area contributed by atoms with Crippen LogP contribution in [0.1, 0.15) is 5.56 Å². The second-order valence-corrected chi connectivity index (χ2v) is 7.81. The van der Waals surface area contributed by atoms with E-state index in [9.17, 15) is 13.2 Å². The van der Waals surface area contributed by atoms with E-state index in [0.29, 0.717) is 10.6 Å². The molecule has 0 spiro atoms. The number of fused-ring (bicyclic) bond motifs is 1. The summed E-state index contributed by atoms with van der Waals surface area (Å²) in [5.41, 5.74) is 1.33. The largest absolute Gasteiger partial charge is 0.488 e. The number of sulfonamides is 1. The number of halogens is 1. The number of nitrogens with one attached hydrogen (secondary N) is 2. The Bertz CT molecular complexity index is 957. The topological polar surface area (TPSA) is 84.5 Å². The maximum atomic E-state index is 12.2. The third-order valence-corrected chi connectivity index (χ3v) is 5.43. The van der Waals surface area contributed by atoms with Crippen LogP contribution in [0.5, 0.6) is 5.75 Å². The quantitative estimate of drug-likeness (QED) is 0.738. The lowest BCUT2D eigenvalue weighted by atomic mass is 10.1. The van der Waals surface area contributed by atoms with Crippen molar-refractivity contribution in [3.8, 4) is 5.75 Å². The zero-order chi connectivity index (χ0) is 18.6. The van der Waals surface area contributed by atoms with E-state index in [1.54, 1.807) is 18.2 Å². The number of hydrogen-bond donors (Lipinski definition) is 2. The first kappa shape index (κ1) is 18.4. The molecule has 0 saturated heterocycles. The predicted molar refractivity (Wildman–Crippen MR) is 99.6 cm³/mol. The van der Waals surface area contributed by atoms with E-state index in [2.05, 4.69) is 10.0 Å². The van der Waals surface area contributed by atoms with Crippen molar-refractivity contribution < 1.29 is 17.9 Å². The molecule has 2 N–H and O–H groups in total. The van der Waals surface area contributed by atoms with Gasteiger partial charge < -0.3 is 10.1 Å². The number of hydrogen-bond acceptors (Lipinski definition) is 4. The van der Waals surface area contributed by atoms with Crippen molar-refractivity contribution in [2.24, 2.45) is 0 Å². The number of rotatable bonds is 6. The standard InChI is InChI=1S/C18H17ClN2O4S/c19-15-5-3-6-16(11-15)26(23,24)21-9-8-20-18(22)14-10-13-4-1-2-7-17(13)25-12-14/h1-7,10-11,21H,8-9,12H2,(H,20,22). The van der Waals surface area contributed by atoms with Gasteiger partial charge in [0.2, 0.25) is 10.0 Å². The molecule has 0 aliphatic carbocycles. The molecule has 0 saturated carbocycles. The van der Waals surface area contributed by atoms with E-state index in [0.717, 1.165) is 11.3 Å². The summed E-state index contributed by atoms with van der Waals surface area (Å²) in [4.78, 5) is 12.3. The molecule has 1 aliphatic heterocycles. The molecular weight excluding hydrogens is 376 g/mol. The lowest BCUT2D eigenvalue weighted by Gasteiger charge is -2.17. The molecule has 0 fully saturated rings. The van der Waals surface area contributed by atoms with E-state index in [-0.39, 0.29) is 30.5 Å². The van der Waals surface area contributed by atoms with Gasteiger partial charge in [-0.3, -0.25) is 4.79 Å². The molecule has 0 unspecified atom stereocenters. The molecule has 1 heterocycles. The highest BCUT2D eigenvalue weighted by Gasteiger charge is 2.17. The number of carbonyl (C=O) groups is 1. The average molecular weight is 393 g/mol. The fourth-order valence-corrected chi connectivity index (χ4v) is 3.77. The van der Waals surface area contributed by atoms with Gasteiger partial charge in [0.25, 0.3) is 5.91 Å². The highest BCUT2D eigenvalue weighted by molar-refractivity contribution is 7.89. The maximum Gasteiger partial charge on any atom is 0.250 e. The zero-order valence-electron chi connectivity index (χ0n) is 13.7. The number of benzene rings is 2. The molecule has 3 rings (SSSR count). The van der Waals surface area contributed by atoms with Gasteiger partial charge in [-0.25, -0.2) is 13.1 Å². The molecule has 2 aromatic carbocycles. The van der Waals surface area contributed by atoms with Gasteiger partial charge in [-0.05, 0) is 30.3 Å². The van der Waals surface area contributed by atoms with Crippen molar-refractivity contribution in [2.75, 3.05) is 19.7 Å². The minimum absolute atomic E-state index is 0.0608. The highest BCUT2D eigenvalue weighted by Crippen LogP contribution is 2.25. The van der Waals surface area contributed by atoms with Crippen LogP contribution in [0.4, 0.5) is 0 Å². The van der Waals surface area contributed by atoms with E-state index in [1.165, 1.54) is 12.1 Å². The monoisotopic (exact) mass is 392 g/mol. The Morgan fingerprint density at radius 1 is 1.12 bits per heavy atom. The molecule has 0 aromatic heterocycles. The first-order valence-corrected chi connectivity index (χ1v) is 9.78. The second kappa shape index (κ2) is 7.90. The zero-order valence-corrected chi connectivity index (χ0v) is 15.3. The lowest BCUT2D eigenvalue weighted by molar-refractivity contribution is -0.117. The summed E-state index contributed by atoms with van der Waals surface area (Å²) >= 11 is 5.81. The third-order valence-electron chi connectivity index (χ3n) is 3.73. The van der Waals surface area contributed by atoms with Gasteiger partial charge >= 0.3 is 0 Å². The first-order valence-electron chi connectivity index (χ1n) is 7.91. The second-order valence-electron chi connectivity index (χ2n) is 5.61. The normalized spacial score (nSPS) is 13.3. The van der Waals surface area contributed by atoms with Crippen molar-refractivity contribution in [2.45, 2.75) is 4.90 Å². The van der Waals surface area contributed by atoms with Crippen molar-refractivity contribution >= 4 is 33.6 Å². The van der Waals surface area contributed by atoms with Gasteiger partial charge in [0.05, 0.1) is 10.5 Å². The Morgan fingerprint density at radius 3 is 2.73 bits per heavy atom. The summed E-state index contributed by atoms with van der Waals surface area (Å²) in [6.07, 6.45) is 1.77. The van der Waals surface area contributed by atoms with Crippen LogP contribution in [0.25, 0.3) is 6.08 Å². The van der Waals surface area contributed by atoms with Crippen molar-refractivity contribution in [3.05, 3.63) is 64.7 Å². The Morgan fingerprint density at radius 2 is 1.92 bits per heavy atom. The molecule has 0 atom stereocenters. The van der Waals surface area contributed by atoms with Crippen LogP contribution in [-0.2, 0) is 14.8 Å². The number of para-hydroxylation sites is 1. The van der Waals surface area contributed by atoms with Crippen LogP contribution in [0, 0.1) is 0 Å². The molecule has 2 aromatic rings. The number of ether oxygens (including phenoxy) is 1. The summed E-state index contributed by atoms with van der Waals surface area (Å²) in [5.74, 6) is 0.444. The summed E-state index contributed by atoms with van der Waals surface area (Å²) in [5, 5.41) is 3.02. The van der Waals surface area contributed by atoms with Crippen molar-refractivity contribution in [1.82, 2.24) is 10.0 Å². The number of amides is 1. The Kier molecular flexibility index (Phi) is 5.61. The summed E-state index contributed by atoms with van der Waals surface area (Å²) in [7, 11) is -3.67. The van der Waals surface area contributed by atoms with Crippen molar-refractivity contribution in [3.63, 3.8) is 0 Å². The minimum atomic E-state index is -3.67. The molecule has 0 radical (unpaired) electrons. The molecular formula is C18H17ClN2O4S. The van der Waals surface area contributed by atoms with Gasteiger partial charge in [-0.1, -0.05) is 35.9 Å². The van der Waals surface area contributed by atoms with Gasteiger partial charge in [-0.2, -0.15) is 0 Å². The Balaban J connectivity index is 1.52.